The van der Waals surface area contributed by atoms with E-state index in [1.807, 2.05) is 36.1 Å². The summed E-state index contributed by atoms with van der Waals surface area (Å²) >= 11 is 0. The highest BCUT2D eigenvalue weighted by Gasteiger charge is 2.17. The lowest BCUT2D eigenvalue weighted by Crippen LogP contribution is -2.35. The Kier molecular flexibility index (Phi) is 11.1. The summed E-state index contributed by atoms with van der Waals surface area (Å²) in [7, 11) is 0. The molecule has 35 heavy (non-hydrogen) atoms. The number of carbonyl (C=O) groups is 2. The zero-order valence-electron chi connectivity index (χ0n) is 21.4. The SMILES string of the molecule is CCOc1ccc(CCCC(=O)N2CCCCNC(c3ccccc3)CC(=O)NCCC2)cc1C. The zero-order valence-corrected chi connectivity index (χ0v) is 21.4. The molecule has 0 aromatic heterocycles. The topological polar surface area (TPSA) is 70.7 Å². The summed E-state index contributed by atoms with van der Waals surface area (Å²) in [6, 6.07) is 16.4. The smallest absolute Gasteiger partial charge is 0.222 e. The third-order valence-corrected chi connectivity index (χ3v) is 6.51. The van der Waals surface area contributed by atoms with Gasteiger partial charge in [0, 0.05) is 38.5 Å². The second kappa shape index (κ2) is 14.5. The van der Waals surface area contributed by atoms with Crippen molar-refractivity contribution in [2.75, 3.05) is 32.8 Å². The number of benzene rings is 2. The maximum absolute atomic E-state index is 13.0. The Labute approximate surface area is 210 Å². The molecule has 2 N–H and O–H groups in total. The summed E-state index contributed by atoms with van der Waals surface area (Å²) in [5.41, 5.74) is 3.52. The van der Waals surface area contributed by atoms with Crippen molar-refractivity contribution in [1.29, 1.82) is 0 Å². The second-order valence-electron chi connectivity index (χ2n) is 9.30. The van der Waals surface area contributed by atoms with E-state index in [1.165, 1.54) is 5.56 Å². The monoisotopic (exact) mass is 479 g/mol. The van der Waals surface area contributed by atoms with Crippen molar-refractivity contribution in [2.45, 2.75) is 64.8 Å². The quantitative estimate of drug-likeness (QED) is 0.611. The van der Waals surface area contributed by atoms with E-state index in [1.54, 1.807) is 0 Å². The molecule has 0 aliphatic carbocycles. The molecular weight excluding hydrogens is 438 g/mol. The lowest BCUT2D eigenvalue weighted by atomic mass is 10.0. The summed E-state index contributed by atoms with van der Waals surface area (Å²) in [4.78, 5) is 27.5. The molecule has 190 valence electrons. The Balaban J connectivity index is 1.49. The maximum Gasteiger partial charge on any atom is 0.222 e. The molecule has 3 rings (SSSR count). The molecule has 1 unspecified atom stereocenters. The zero-order chi connectivity index (χ0) is 24.9. The first kappa shape index (κ1) is 26.7. The summed E-state index contributed by atoms with van der Waals surface area (Å²) in [6.07, 6.45) is 5.40. The molecular formula is C29H41N3O3. The highest BCUT2D eigenvalue weighted by molar-refractivity contribution is 5.77. The second-order valence-corrected chi connectivity index (χ2v) is 9.30. The van der Waals surface area contributed by atoms with E-state index in [4.69, 9.17) is 4.74 Å². The van der Waals surface area contributed by atoms with E-state index in [2.05, 4.69) is 41.8 Å². The number of hydrogen-bond donors (Lipinski definition) is 2. The van der Waals surface area contributed by atoms with Gasteiger partial charge in [0.1, 0.15) is 5.75 Å². The fourth-order valence-corrected chi connectivity index (χ4v) is 4.60. The van der Waals surface area contributed by atoms with Gasteiger partial charge < -0.3 is 20.3 Å². The van der Waals surface area contributed by atoms with Crippen LogP contribution in [0.3, 0.4) is 0 Å². The van der Waals surface area contributed by atoms with E-state index >= 15 is 0 Å². The molecule has 6 heteroatoms. The third-order valence-electron chi connectivity index (χ3n) is 6.51. The molecule has 1 aliphatic rings. The van der Waals surface area contributed by atoms with Gasteiger partial charge in [0.25, 0.3) is 0 Å². The fourth-order valence-electron chi connectivity index (χ4n) is 4.60. The van der Waals surface area contributed by atoms with E-state index < -0.39 is 0 Å². The number of carbonyl (C=O) groups excluding carboxylic acids is 2. The fraction of sp³-hybridized carbons (Fsp3) is 0.517. The van der Waals surface area contributed by atoms with Gasteiger partial charge in [0.05, 0.1) is 6.61 Å². The van der Waals surface area contributed by atoms with Gasteiger partial charge in [-0.3, -0.25) is 9.59 Å². The molecule has 0 radical (unpaired) electrons. The molecule has 6 nitrogen and oxygen atoms in total. The summed E-state index contributed by atoms with van der Waals surface area (Å²) < 4.78 is 5.62. The number of hydrogen-bond acceptors (Lipinski definition) is 4. The van der Waals surface area contributed by atoms with Crippen LogP contribution in [0.1, 0.15) is 68.2 Å². The number of ether oxygens (including phenoxy) is 1. The number of nitrogens with zero attached hydrogens (tertiary/aromatic N) is 1. The van der Waals surface area contributed by atoms with E-state index in [9.17, 15) is 9.59 Å². The Hall–Kier alpha value is -2.86. The molecule has 1 aliphatic heterocycles. The first-order valence-electron chi connectivity index (χ1n) is 13.1. The molecule has 1 heterocycles. The number of rotatable bonds is 7. The minimum absolute atomic E-state index is 0.0147. The predicted molar refractivity (Wildman–Crippen MR) is 141 cm³/mol. The number of nitrogens with one attached hydrogen (secondary N) is 2. The normalized spacial score (nSPS) is 18.1. The van der Waals surface area contributed by atoms with E-state index in [-0.39, 0.29) is 17.9 Å². The third kappa shape index (κ3) is 9.02. The first-order chi connectivity index (χ1) is 17.1. The van der Waals surface area contributed by atoms with Gasteiger partial charge >= 0.3 is 0 Å². The van der Waals surface area contributed by atoms with Crippen LogP contribution in [-0.4, -0.2) is 49.5 Å². The molecule has 0 bridgehead atoms. The average molecular weight is 480 g/mol. The molecule has 1 saturated heterocycles. The van der Waals surface area contributed by atoms with Crippen LogP contribution in [0.5, 0.6) is 5.75 Å². The van der Waals surface area contributed by atoms with Crippen molar-refractivity contribution in [1.82, 2.24) is 15.5 Å². The van der Waals surface area contributed by atoms with E-state index in [0.717, 1.165) is 62.1 Å². The van der Waals surface area contributed by atoms with E-state index in [0.29, 0.717) is 32.5 Å². The minimum atomic E-state index is 0.0147. The predicted octanol–water partition coefficient (Wildman–Crippen LogP) is 4.57. The van der Waals surface area contributed by atoms with Gasteiger partial charge in [-0.05, 0) is 75.3 Å². The van der Waals surface area contributed by atoms with Gasteiger partial charge in [-0.15, -0.1) is 0 Å². The van der Waals surface area contributed by atoms with Crippen LogP contribution < -0.4 is 15.4 Å². The Morgan fingerprint density at radius 2 is 1.86 bits per heavy atom. The van der Waals surface area contributed by atoms with Crippen molar-refractivity contribution in [3.63, 3.8) is 0 Å². The van der Waals surface area contributed by atoms with Crippen molar-refractivity contribution < 1.29 is 14.3 Å². The number of amides is 2. The van der Waals surface area contributed by atoms with Crippen molar-refractivity contribution in [2.24, 2.45) is 0 Å². The van der Waals surface area contributed by atoms with Gasteiger partial charge in [0.15, 0.2) is 0 Å². The van der Waals surface area contributed by atoms with Crippen LogP contribution >= 0.6 is 0 Å². The average Bonchev–Trinajstić information content (AvgIpc) is 2.88. The molecule has 2 amide bonds. The van der Waals surface area contributed by atoms with Crippen molar-refractivity contribution >= 4 is 11.8 Å². The van der Waals surface area contributed by atoms with Crippen LogP contribution in [0.15, 0.2) is 48.5 Å². The Morgan fingerprint density at radius 1 is 1.06 bits per heavy atom. The van der Waals surface area contributed by atoms with Gasteiger partial charge in [-0.2, -0.15) is 0 Å². The van der Waals surface area contributed by atoms with Crippen LogP contribution in [0.4, 0.5) is 0 Å². The van der Waals surface area contributed by atoms with Gasteiger partial charge in [-0.1, -0.05) is 42.5 Å². The summed E-state index contributed by atoms with van der Waals surface area (Å²) in [5.74, 6) is 1.19. The lowest BCUT2D eigenvalue weighted by Gasteiger charge is -2.23. The minimum Gasteiger partial charge on any atom is -0.494 e. The standard InChI is InChI=1S/C29H41N3O3/c1-3-35-27-16-15-24(21-23(27)2)11-9-14-29(34)32-19-8-7-17-30-26(25-12-5-4-6-13-25)22-28(33)31-18-10-20-32/h4-6,12-13,15-16,21,26,30H,3,7-11,14,17-20,22H2,1-2H3,(H,31,33). The first-order valence-corrected chi connectivity index (χ1v) is 13.1. The molecule has 1 atom stereocenters. The highest BCUT2D eigenvalue weighted by Crippen LogP contribution is 2.20. The molecule has 1 fully saturated rings. The summed E-state index contributed by atoms with van der Waals surface area (Å²) in [5, 5.41) is 6.58. The van der Waals surface area contributed by atoms with Crippen LogP contribution in [0.2, 0.25) is 0 Å². The largest absolute Gasteiger partial charge is 0.494 e. The van der Waals surface area contributed by atoms with Crippen LogP contribution in [-0.2, 0) is 16.0 Å². The Morgan fingerprint density at radius 3 is 2.63 bits per heavy atom. The number of aryl methyl sites for hydroxylation is 2. The van der Waals surface area contributed by atoms with Crippen LogP contribution in [0.25, 0.3) is 0 Å². The molecule has 2 aromatic rings. The maximum atomic E-state index is 13.0. The lowest BCUT2D eigenvalue weighted by molar-refractivity contribution is -0.131. The molecule has 0 spiro atoms. The summed E-state index contributed by atoms with van der Waals surface area (Å²) in [6.45, 7) is 7.60. The molecule has 2 aromatic carbocycles. The molecule has 0 saturated carbocycles. The highest BCUT2D eigenvalue weighted by atomic mass is 16.5. The Bertz CT molecular complexity index is 932. The van der Waals surface area contributed by atoms with Crippen molar-refractivity contribution in [3.05, 3.63) is 65.2 Å². The van der Waals surface area contributed by atoms with Crippen LogP contribution in [0, 0.1) is 6.92 Å². The van der Waals surface area contributed by atoms with Gasteiger partial charge in [-0.25, -0.2) is 0 Å². The van der Waals surface area contributed by atoms with Crippen molar-refractivity contribution in [3.8, 4) is 5.75 Å². The van der Waals surface area contributed by atoms with Gasteiger partial charge in [0.2, 0.25) is 11.8 Å².